The molecule has 3 aliphatic rings. The summed E-state index contributed by atoms with van der Waals surface area (Å²) in [5, 5.41) is 5.94. The second-order valence-electron chi connectivity index (χ2n) is 8.42. The van der Waals surface area contributed by atoms with E-state index in [-0.39, 0.29) is 11.9 Å². The Hall–Kier alpha value is -1.89. The molecule has 0 aromatic carbocycles. The maximum absolute atomic E-state index is 13.2. The highest BCUT2D eigenvalue weighted by atomic mass is 32.1. The maximum Gasteiger partial charge on any atom is 0.317 e. The third kappa shape index (κ3) is 4.49. The van der Waals surface area contributed by atoms with Crippen molar-refractivity contribution in [3.8, 4) is 0 Å². The van der Waals surface area contributed by atoms with Gasteiger partial charge in [-0.2, -0.15) is 0 Å². The molecule has 0 spiro atoms. The van der Waals surface area contributed by atoms with Crippen molar-refractivity contribution in [2.75, 3.05) is 26.2 Å². The van der Waals surface area contributed by atoms with Crippen LogP contribution < -0.4 is 5.32 Å². The van der Waals surface area contributed by atoms with Crippen LogP contribution in [0.5, 0.6) is 0 Å². The number of piperidine rings is 2. The third-order valence-corrected chi connectivity index (χ3v) is 7.43. The van der Waals surface area contributed by atoms with Gasteiger partial charge in [0.05, 0.1) is 5.01 Å². The number of hydrogen-bond acceptors (Lipinski definition) is 4. The Morgan fingerprint density at radius 1 is 1.14 bits per heavy atom. The monoisotopic (exact) mass is 416 g/mol. The van der Waals surface area contributed by atoms with Gasteiger partial charge in [-0.05, 0) is 57.3 Å². The largest absolute Gasteiger partial charge is 0.338 e. The first-order valence-corrected chi connectivity index (χ1v) is 12.1. The summed E-state index contributed by atoms with van der Waals surface area (Å²) in [6, 6.07) is 0.0423. The average molecular weight is 417 g/mol. The van der Waals surface area contributed by atoms with Crippen LogP contribution in [0.15, 0.2) is 17.2 Å². The molecule has 7 heteroatoms. The van der Waals surface area contributed by atoms with Gasteiger partial charge in [-0.25, -0.2) is 9.78 Å². The van der Waals surface area contributed by atoms with E-state index in [1.807, 2.05) is 15.2 Å². The summed E-state index contributed by atoms with van der Waals surface area (Å²) >= 11 is 1.60. The number of allylic oxidation sites excluding steroid dienone is 2. The standard InChI is InChI=1S/C22H32N4O2S/c1-2-11-23-22(28)25-13-9-17(10-14-25)20-24-18(15-29-20)21(27)26-12-5-7-16-6-3-4-8-19(16)26/h8,15-17H,2-7,9-14H2,1H3,(H,23,28). The Labute approximate surface area is 177 Å². The minimum Gasteiger partial charge on any atom is -0.338 e. The van der Waals surface area contributed by atoms with Gasteiger partial charge >= 0.3 is 6.03 Å². The van der Waals surface area contributed by atoms with Crippen molar-refractivity contribution in [2.24, 2.45) is 5.92 Å². The predicted molar refractivity (Wildman–Crippen MR) is 115 cm³/mol. The quantitative estimate of drug-likeness (QED) is 0.793. The van der Waals surface area contributed by atoms with Crippen LogP contribution in [0.3, 0.4) is 0 Å². The molecule has 3 heterocycles. The topological polar surface area (TPSA) is 65.5 Å². The van der Waals surface area contributed by atoms with Crippen molar-refractivity contribution in [3.63, 3.8) is 0 Å². The normalized spacial score (nSPS) is 22.8. The van der Waals surface area contributed by atoms with E-state index in [0.29, 0.717) is 17.5 Å². The molecule has 2 fully saturated rings. The molecule has 6 nitrogen and oxygen atoms in total. The van der Waals surface area contributed by atoms with Crippen LogP contribution in [0.4, 0.5) is 4.79 Å². The van der Waals surface area contributed by atoms with Gasteiger partial charge in [0.15, 0.2) is 0 Å². The first-order valence-electron chi connectivity index (χ1n) is 11.2. The molecule has 158 valence electrons. The van der Waals surface area contributed by atoms with Crippen LogP contribution in [0.1, 0.15) is 79.7 Å². The van der Waals surface area contributed by atoms with E-state index < -0.39 is 0 Å². The molecule has 1 aliphatic carbocycles. The predicted octanol–water partition coefficient (Wildman–Crippen LogP) is 4.36. The molecule has 0 bridgehead atoms. The lowest BCUT2D eigenvalue weighted by Crippen LogP contribution is -2.44. The van der Waals surface area contributed by atoms with E-state index in [9.17, 15) is 9.59 Å². The molecule has 3 amide bonds. The molecule has 0 radical (unpaired) electrons. The fraction of sp³-hybridized carbons (Fsp3) is 0.682. The van der Waals surface area contributed by atoms with Gasteiger partial charge in [0.25, 0.3) is 5.91 Å². The zero-order valence-corrected chi connectivity index (χ0v) is 18.2. The number of hydrogen-bond donors (Lipinski definition) is 1. The van der Waals surface area contributed by atoms with Gasteiger partial charge in [0.2, 0.25) is 0 Å². The Kier molecular flexibility index (Phi) is 6.53. The lowest BCUT2D eigenvalue weighted by molar-refractivity contribution is 0.0743. The molecule has 0 saturated carbocycles. The van der Waals surface area contributed by atoms with Crippen LogP contribution in [-0.2, 0) is 0 Å². The van der Waals surface area contributed by atoms with Crippen molar-refractivity contribution < 1.29 is 9.59 Å². The molecular weight excluding hydrogens is 384 g/mol. The fourth-order valence-corrected chi connectivity index (χ4v) is 5.75. The Balaban J connectivity index is 1.37. The van der Waals surface area contributed by atoms with Gasteiger partial charge in [-0.1, -0.05) is 13.0 Å². The molecule has 1 N–H and O–H groups in total. The minimum absolute atomic E-state index is 0.0423. The van der Waals surface area contributed by atoms with E-state index in [1.165, 1.54) is 25.0 Å². The van der Waals surface area contributed by atoms with Crippen molar-refractivity contribution in [1.82, 2.24) is 20.1 Å². The smallest absolute Gasteiger partial charge is 0.317 e. The zero-order chi connectivity index (χ0) is 20.2. The number of carbonyl (C=O) groups excluding carboxylic acids is 2. The number of thiazole rings is 1. The SMILES string of the molecule is CCCNC(=O)N1CCC(c2nc(C(=O)N3CCCC4CCCC=C43)cs2)CC1. The Bertz CT molecular complexity index is 767. The van der Waals surface area contributed by atoms with Crippen LogP contribution in [0, 0.1) is 5.92 Å². The summed E-state index contributed by atoms with van der Waals surface area (Å²) in [5.41, 5.74) is 1.84. The average Bonchev–Trinajstić information content (AvgIpc) is 3.27. The van der Waals surface area contributed by atoms with Crippen LogP contribution in [0.25, 0.3) is 0 Å². The molecule has 1 aromatic rings. The molecule has 4 rings (SSSR count). The van der Waals surface area contributed by atoms with Gasteiger partial charge in [0, 0.05) is 43.2 Å². The fourth-order valence-electron chi connectivity index (χ4n) is 4.78. The molecule has 1 atom stereocenters. The van der Waals surface area contributed by atoms with E-state index in [1.54, 1.807) is 11.3 Å². The van der Waals surface area contributed by atoms with Gasteiger partial charge in [-0.15, -0.1) is 11.3 Å². The van der Waals surface area contributed by atoms with Gasteiger partial charge in [-0.3, -0.25) is 4.79 Å². The molecule has 1 unspecified atom stereocenters. The molecular formula is C22H32N4O2S. The summed E-state index contributed by atoms with van der Waals surface area (Å²) in [5.74, 6) is 0.976. The number of nitrogens with one attached hydrogen (secondary N) is 1. The Morgan fingerprint density at radius 3 is 2.72 bits per heavy atom. The summed E-state index contributed by atoms with van der Waals surface area (Å²) in [6.45, 7) is 5.11. The first-order chi connectivity index (χ1) is 14.2. The van der Waals surface area contributed by atoms with Crippen molar-refractivity contribution in [2.45, 2.75) is 64.2 Å². The number of aromatic nitrogens is 1. The first kappa shape index (κ1) is 20.4. The van der Waals surface area contributed by atoms with Gasteiger partial charge in [0.1, 0.15) is 5.69 Å². The summed E-state index contributed by atoms with van der Waals surface area (Å²) < 4.78 is 0. The number of nitrogens with zero attached hydrogens (tertiary/aromatic N) is 3. The number of urea groups is 1. The summed E-state index contributed by atoms with van der Waals surface area (Å²) in [4.78, 5) is 33.9. The van der Waals surface area contributed by atoms with E-state index in [4.69, 9.17) is 4.98 Å². The highest BCUT2D eigenvalue weighted by Crippen LogP contribution is 2.36. The van der Waals surface area contributed by atoms with E-state index in [0.717, 1.165) is 63.3 Å². The zero-order valence-electron chi connectivity index (χ0n) is 17.4. The second kappa shape index (κ2) is 9.28. The van der Waals surface area contributed by atoms with Crippen LogP contribution in [0.2, 0.25) is 0 Å². The van der Waals surface area contributed by atoms with Gasteiger partial charge < -0.3 is 15.1 Å². The number of fused-ring (bicyclic) bond motifs is 1. The number of amides is 3. The molecule has 2 saturated heterocycles. The molecule has 29 heavy (non-hydrogen) atoms. The third-order valence-electron chi connectivity index (χ3n) is 6.42. The lowest BCUT2D eigenvalue weighted by atomic mass is 9.85. The van der Waals surface area contributed by atoms with Crippen molar-refractivity contribution in [3.05, 3.63) is 27.9 Å². The highest BCUT2D eigenvalue weighted by molar-refractivity contribution is 7.09. The number of likely N-dealkylation sites (tertiary alicyclic amines) is 2. The maximum atomic E-state index is 13.2. The minimum atomic E-state index is 0.0423. The molecule has 2 aliphatic heterocycles. The summed E-state index contributed by atoms with van der Waals surface area (Å²) in [6.07, 6.45) is 10.9. The van der Waals surface area contributed by atoms with Crippen LogP contribution in [-0.4, -0.2) is 52.9 Å². The lowest BCUT2D eigenvalue weighted by Gasteiger charge is -2.37. The highest BCUT2D eigenvalue weighted by Gasteiger charge is 2.32. The summed E-state index contributed by atoms with van der Waals surface area (Å²) in [7, 11) is 0. The second-order valence-corrected chi connectivity index (χ2v) is 9.31. The molecule has 1 aromatic heterocycles. The van der Waals surface area contributed by atoms with E-state index >= 15 is 0 Å². The van der Waals surface area contributed by atoms with Crippen molar-refractivity contribution >= 4 is 23.3 Å². The van der Waals surface area contributed by atoms with E-state index in [2.05, 4.69) is 18.3 Å². The van der Waals surface area contributed by atoms with Crippen LogP contribution >= 0.6 is 11.3 Å². The number of carbonyl (C=O) groups is 2. The van der Waals surface area contributed by atoms with Crippen molar-refractivity contribution in [1.29, 1.82) is 0 Å². The number of rotatable bonds is 4. The Morgan fingerprint density at radius 2 is 1.93 bits per heavy atom.